The van der Waals surface area contributed by atoms with Gasteiger partial charge in [0.1, 0.15) is 10.6 Å². The second-order valence-electron chi connectivity index (χ2n) is 7.79. The number of pyridine rings is 1. The van der Waals surface area contributed by atoms with E-state index in [-0.39, 0.29) is 24.0 Å². The Morgan fingerprint density at radius 3 is 2.70 bits per heavy atom. The number of fused-ring (bicyclic) bond motifs is 4. The zero-order valence-corrected chi connectivity index (χ0v) is 16.7. The number of rotatable bonds is 4. The second kappa shape index (κ2) is 7.20. The van der Waals surface area contributed by atoms with Crippen LogP contribution in [0, 0.1) is 5.92 Å². The van der Waals surface area contributed by atoms with Crippen LogP contribution >= 0.6 is 11.3 Å². The van der Waals surface area contributed by atoms with Gasteiger partial charge in [0.15, 0.2) is 0 Å². The number of carbonyl (C=O) groups excluding carboxylic acids is 2. The van der Waals surface area contributed by atoms with Crippen molar-refractivity contribution in [3.63, 3.8) is 0 Å². The Hall–Kier alpha value is -1.99. The molecule has 3 fully saturated rings. The van der Waals surface area contributed by atoms with Crippen molar-refractivity contribution in [1.82, 2.24) is 15.2 Å². The second-order valence-corrected chi connectivity index (χ2v) is 8.87. The normalized spacial score (nSPS) is 27.1. The molecule has 3 aliphatic rings. The molecule has 0 spiro atoms. The lowest BCUT2D eigenvalue weighted by molar-refractivity contribution is 0.0216. The van der Waals surface area contributed by atoms with Crippen LogP contribution in [0.1, 0.15) is 53.8 Å². The van der Waals surface area contributed by atoms with Crippen molar-refractivity contribution in [3.05, 3.63) is 28.9 Å². The van der Waals surface area contributed by atoms with Crippen molar-refractivity contribution in [3.8, 4) is 0 Å². The molecule has 1 N–H and O–H groups in total. The number of amides is 1. The summed E-state index contributed by atoms with van der Waals surface area (Å²) in [6.45, 7) is 8.11. The third-order valence-corrected chi connectivity index (χ3v) is 6.73. The Bertz CT molecular complexity index is 868. The van der Waals surface area contributed by atoms with E-state index in [0.717, 1.165) is 36.0 Å². The molecule has 0 saturated carbocycles. The maximum Gasteiger partial charge on any atom is 0.348 e. The first-order valence-electron chi connectivity index (χ1n) is 9.58. The van der Waals surface area contributed by atoms with Crippen LogP contribution in [0.25, 0.3) is 10.1 Å². The molecule has 2 aromatic rings. The Morgan fingerprint density at radius 1 is 1.30 bits per heavy atom. The summed E-state index contributed by atoms with van der Waals surface area (Å²) >= 11 is 1.33. The van der Waals surface area contributed by atoms with Crippen LogP contribution in [0.15, 0.2) is 18.3 Å². The van der Waals surface area contributed by atoms with E-state index in [1.165, 1.54) is 11.3 Å². The lowest BCUT2D eigenvalue weighted by atomic mass is 9.79. The summed E-state index contributed by atoms with van der Waals surface area (Å²) in [7, 11) is 0. The summed E-state index contributed by atoms with van der Waals surface area (Å²) in [5.41, 5.74) is 0.400. The molecule has 7 heteroatoms. The van der Waals surface area contributed by atoms with Crippen molar-refractivity contribution < 1.29 is 14.3 Å². The smallest absolute Gasteiger partial charge is 0.348 e. The molecule has 3 saturated heterocycles. The van der Waals surface area contributed by atoms with E-state index >= 15 is 0 Å². The predicted molar refractivity (Wildman–Crippen MR) is 105 cm³/mol. The van der Waals surface area contributed by atoms with Gasteiger partial charge in [-0.1, -0.05) is 0 Å². The molecule has 3 aliphatic heterocycles. The monoisotopic (exact) mass is 387 g/mol. The zero-order valence-electron chi connectivity index (χ0n) is 15.9. The number of aromatic nitrogens is 1. The molecule has 0 unspecified atom stereocenters. The number of hydrogen-bond donors (Lipinski definition) is 1. The third kappa shape index (κ3) is 3.58. The minimum atomic E-state index is -0.335. The zero-order chi connectivity index (χ0) is 19.1. The van der Waals surface area contributed by atoms with E-state index in [9.17, 15) is 9.59 Å². The molecule has 2 bridgehead atoms. The number of ether oxygens (including phenoxy) is 1. The summed E-state index contributed by atoms with van der Waals surface area (Å²) in [5.74, 6) is 0.0809. The standard InChI is InChI=1S/C20H25N3O3S/c1-11(2)26-20(25)17-8-14-10-21-15(9-16(14)27-17)19(24)22-18-12(3)23-6-4-13(18)5-7-23/h8-13,18H,4-7H2,1-3H3,(H,22,24)/t12-,18-/m0/s1. The Morgan fingerprint density at radius 2 is 2.04 bits per heavy atom. The fourth-order valence-corrected chi connectivity index (χ4v) is 5.16. The highest BCUT2D eigenvalue weighted by Crippen LogP contribution is 2.32. The van der Waals surface area contributed by atoms with Gasteiger partial charge in [-0.2, -0.15) is 0 Å². The van der Waals surface area contributed by atoms with Crippen LogP contribution in [0.2, 0.25) is 0 Å². The molecule has 27 heavy (non-hydrogen) atoms. The number of esters is 1. The third-order valence-electron chi connectivity index (χ3n) is 5.65. The SMILES string of the molecule is CC(C)OC(=O)c1cc2cnc(C(=O)N[C@@H]3C4CCN(CC4)[C@H]3C)cc2s1. The van der Waals surface area contributed by atoms with E-state index in [4.69, 9.17) is 4.74 Å². The molecule has 5 rings (SSSR count). The van der Waals surface area contributed by atoms with Crippen molar-refractivity contribution in [1.29, 1.82) is 0 Å². The van der Waals surface area contributed by atoms with Gasteiger partial charge in [-0.25, -0.2) is 4.79 Å². The molecule has 0 aromatic carbocycles. The highest BCUT2D eigenvalue weighted by molar-refractivity contribution is 7.20. The molecule has 0 aliphatic carbocycles. The molecule has 0 radical (unpaired) electrons. The lowest BCUT2D eigenvalue weighted by Gasteiger charge is -2.49. The first-order chi connectivity index (χ1) is 12.9. The van der Waals surface area contributed by atoms with Crippen molar-refractivity contribution >= 4 is 33.3 Å². The topological polar surface area (TPSA) is 71.5 Å². The number of nitrogens with zero attached hydrogens (tertiary/aromatic N) is 2. The summed E-state index contributed by atoms with van der Waals surface area (Å²) in [6.07, 6.45) is 3.79. The highest BCUT2D eigenvalue weighted by atomic mass is 32.1. The van der Waals surface area contributed by atoms with Crippen LogP contribution in [-0.4, -0.2) is 53.0 Å². The molecule has 2 atom stereocenters. The Labute approximate surface area is 162 Å². The molecule has 5 heterocycles. The van der Waals surface area contributed by atoms with Gasteiger partial charge in [0, 0.05) is 28.4 Å². The maximum atomic E-state index is 12.8. The largest absolute Gasteiger partial charge is 0.459 e. The quantitative estimate of drug-likeness (QED) is 0.817. The highest BCUT2D eigenvalue weighted by Gasteiger charge is 2.40. The summed E-state index contributed by atoms with van der Waals surface area (Å²) in [6, 6.07) is 4.09. The van der Waals surface area contributed by atoms with Gasteiger partial charge in [0.25, 0.3) is 5.91 Å². The molecular formula is C20H25N3O3S. The van der Waals surface area contributed by atoms with Crippen molar-refractivity contribution in [2.24, 2.45) is 5.92 Å². The van der Waals surface area contributed by atoms with Gasteiger partial charge in [0.2, 0.25) is 0 Å². The Kier molecular flexibility index (Phi) is 4.90. The van der Waals surface area contributed by atoms with Crippen LogP contribution < -0.4 is 5.32 Å². The van der Waals surface area contributed by atoms with Gasteiger partial charge in [-0.15, -0.1) is 11.3 Å². The minimum Gasteiger partial charge on any atom is -0.459 e. The first-order valence-corrected chi connectivity index (χ1v) is 10.4. The lowest BCUT2D eigenvalue weighted by Crippen LogP contribution is -2.62. The summed E-state index contributed by atoms with van der Waals surface area (Å²) in [5, 5.41) is 4.06. The minimum absolute atomic E-state index is 0.137. The molecule has 144 valence electrons. The Balaban J connectivity index is 1.51. The number of carbonyl (C=O) groups is 2. The number of thiophene rings is 1. The van der Waals surface area contributed by atoms with E-state index in [1.54, 1.807) is 18.3 Å². The molecular weight excluding hydrogens is 362 g/mol. The van der Waals surface area contributed by atoms with E-state index in [1.807, 2.05) is 13.8 Å². The average molecular weight is 388 g/mol. The van der Waals surface area contributed by atoms with Gasteiger partial charge in [0.05, 0.1) is 6.10 Å². The summed E-state index contributed by atoms with van der Waals surface area (Å²) in [4.78, 5) is 32.2. The fourth-order valence-electron chi connectivity index (χ4n) is 4.20. The molecule has 6 nitrogen and oxygen atoms in total. The average Bonchev–Trinajstić information content (AvgIpc) is 3.08. The van der Waals surface area contributed by atoms with Crippen LogP contribution in [-0.2, 0) is 4.74 Å². The first kappa shape index (κ1) is 18.4. The van der Waals surface area contributed by atoms with Crippen molar-refractivity contribution in [2.75, 3.05) is 13.1 Å². The van der Waals surface area contributed by atoms with Gasteiger partial charge in [-0.3, -0.25) is 14.7 Å². The maximum absolute atomic E-state index is 12.8. The van der Waals surface area contributed by atoms with Crippen molar-refractivity contribution in [2.45, 2.75) is 51.8 Å². The number of piperidine rings is 3. The molecule has 1 amide bonds. The van der Waals surface area contributed by atoms with Crippen LogP contribution in [0.5, 0.6) is 0 Å². The predicted octanol–water partition coefficient (Wildman–Crippen LogP) is 3.07. The van der Waals surface area contributed by atoms with E-state index < -0.39 is 0 Å². The van der Waals surface area contributed by atoms with Crippen LogP contribution in [0.3, 0.4) is 0 Å². The van der Waals surface area contributed by atoms with Gasteiger partial charge in [-0.05, 0) is 64.8 Å². The molecule has 2 aromatic heterocycles. The number of hydrogen-bond acceptors (Lipinski definition) is 6. The van der Waals surface area contributed by atoms with Crippen LogP contribution in [0.4, 0.5) is 0 Å². The summed E-state index contributed by atoms with van der Waals surface area (Å²) < 4.78 is 6.12. The number of nitrogens with one attached hydrogen (secondary N) is 1. The van der Waals surface area contributed by atoms with E-state index in [2.05, 4.69) is 22.1 Å². The van der Waals surface area contributed by atoms with Gasteiger partial charge >= 0.3 is 5.97 Å². The van der Waals surface area contributed by atoms with E-state index in [0.29, 0.717) is 22.5 Å². The fraction of sp³-hybridized carbons (Fsp3) is 0.550. The van der Waals surface area contributed by atoms with Gasteiger partial charge < -0.3 is 10.1 Å².